The Morgan fingerprint density at radius 3 is 2.90 bits per heavy atom. The van der Waals surface area contributed by atoms with Gasteiger partial charge in [0.25, 0.3) is 0 Å². The first-order valence-corrected chi connectivity index (χ1v) is 7.01. The second-order valence-corrected chi connectivity index (χ2v) is 4.90. The van der Waals surface area contributed by atoms with E-state index in [1.54, 1.807) is 4.68 Å². The lowest BCUT2D eigenvalue weighted by Gasteiger charge is -1.98. The number of nitrogens with zero attached hydrogens (tertiary/aromatic N) is 5. The smallest absolute Gasteiger partial charge is 0.137 e. The summed E-state index contributed by atoms with van der Waals surface area (Å²) in [6.45, 7) is 2.21. The molecule has 0 saturated heterocycles. The van der Waals surface area contributed by atoms with E-state index in [4.69, 9.17) is 4.63 Å². The fourth-order valence-electron chi connectivity index (χ4n) is 2.19. The number of fused-ring (bicyclic) bond motifs is 1. The molecular formula is C14H17N5O. The third kappa shape index (κ3) is 2.68. The van der Waals surface area contributed by atoms with Crippen molar-refractivity contribution in [3.05, 3.63) is 30.1 Å². The average molecular weight is 271 g/mol. The van der Waals surface area contributed by atoms with Gasteiger partial charge >= 0.3 is 0 Å². The van der Waals surface area contributed by atoms with E-state index in [1.165, 1.54) is 25.7 Å². The summed E-state index contributed by atoms with van der Waals surface area (Å²) in [6.07, 6.45) is 7.90. The Kier molecular flexibility index (Phi) is 3.71. The van der Waals surface area contributed by atoms with Crippen molar-refractivity contribution in [1.29, 1.82) is 0 Å². The van der Waals surface area contributed by atoms with E-state index in [0.717, 1.165) is 28.8 Å². The number of unbranched alkanes of at least 4 members (excludes halogenated alkanes) is 3. The SMILES string of the molecule is CCCCCCc1cn(-c2ccc3nonc3c2)nn1. The van der Waals surface area contributed by atoms with Crippen LogP contribution in [0.3, 0.4) is 0 Å². The topological polar surface area (TPSA) is 69.6 Å². The lowest BCUT2D eigenvalue weighted by Crippen LogP contribution is -1.94. The zero-order valence-corrected chi connectivity index (χ0v) is 11.5. The van der Waals surface area contributed by atoms with Crippen LogP contribution in [0.5, 0.6) is 0 Å². The van der Waals surface area contributed by atoms with Crippen LogP contribution >= 0.6 is 0 Å². The molecule has 0 N–H and O–H groups in total. The van der Waals surface area contributed by atoms with Gasteiger partial charge in [0.15, 0.2) is 0 Å². The molecule has 0 spiro atoms. The Morgan fingerprint density at radius 2 is 2.00 bits per heavy atom. The number of benzene rings is 1. The van der Waals surface area contributed by atoms with E-state index in [1.807, 2.05) is 24.4 Å². The maximum Gasteiger partial charge on any atom is 0.137 e. The minimum Gasteiger partial charge on any atom is -0.243 e. The highest BCUT2D eigenvalue weighted by Gasteiger charge is 2.06. The molecule has 1 aromatic carbocycles. The van der Waals surface area contributed by atoms with Gasteiger partial charge in [0.2, 0.25) is 0 Å². The normalized spacial score (nSPS) is 11.2. The second kappa shape index (κ2) is 5.81. The summed E-state index contributed by atoms with van der Waals surface area (Å²) >= 11 is 0. The van der Waals surface area contributed by atoms with Gasteiger partial charge in [-0.1, -0.05) is 31.4 Å². The molecule has 0 amide bonds. The summed E-state index contributed by atoms with van der Waals surface area (Å²) in [7, 11) is 0. The fourth-order valence-corrected chi connectivity index (χ4v) is 2.19. The predicted molar refractivity (Wildman–Crippen MR) is 74.6 cm³/mol. The summed E-state index contributed by atoms with van der Waals surface area (Å²) in [6, 6.07) is 5.69. The highest BCUT2D eigenvalue weighted by Crippen LogP contribution is 2.15. The van der Waals surface area contributed by atoms with Crippen LogP contribution in [0.1, 0.15) is 38.3 Å². The van der Waals surface area contributed by atoms with E-state index < -0.39 is 0 Å². The Morgan fingerprint density at radius 1 is 1.10 bits per heavy atom. The summed E-state index contributed by atoms with van der Waals surface area (Å²) in [4.78, 5) is 0. The monoisotopic (exact) mass is 271 g/mol. The molecule has 0 saturated carbocycles. The van der Waals surface area contributed by atoms with Gasteiger partial charge in [0.05, 0.1) is 17.6 Å². The minimum atomic E-state index is 0.725. The third-order valence-electron chi connectivity index (χ3n) is 3.33. The van der Waals surface area contributed by atoms with E-state index >= 15 is 0 Å². The second-order valence-electron chi connectivity index (χ2n) is 4.90. The summed E-state index contributed by atoms with van der Waals surface area (Å²) in [5.74, 6) is 0. The summed E-state index contributed by atoms with van der Waals surface area (Å²) < 4.78 is 6.46. The number of hydrogen-bond donors (Lipinski definition) is 0. The first-order valence-electron chi connectivity index (χ1n) is 7.01. The minimum absolute atomic E-state index is 0.725. The predicted octanol–water partition coefficient (Wildman–Crippen LogP) is 2.93. The van der Waals surface area contributed by atoms with Gasteiger partial charge in [0, 0.05) is 0 Å². The van der Waals surface area contributed by atoms with Crippen LogP contribution < -0.4 is 0 Å². The molecular weight excluding hydrogens is 254 g/mol. The molecule has 0 atom stereocenters. The molecule has 104 valence electrons. The first kappa shape index (κ1) is 12.8. The molecule has 6 nitrogen and oxygen atoms in total. The van der Waals surface area contributed by atoms with Gasteiger partial charge in [0.1, 0.15) is 11.0 Å². The Balaban J connectivity index is 1.72. The lowest BCUT2D eigenvalue weighted by molar-refractivity contribution is 0.315. The van der Waals surface area contributed by atoms with Crippen molar-refractivity contribution < 1.29 is 4.63 Å². The molecule has 0 unspecified atom stereocenters. The van der Waals surface area contributed by atoms with Gasteiger partial charge in [-0.2, -0.15) is 0 Å². The van der Waals surface area contributed by atoms with Gasteiger partial charge in [-0.3, -0.25) is 0 Å². The van der Waals surface area contributed by atoms with E-state index in [-0.39, 0.29) is 0 Å². The molecule has 0 aliphatic heterocycles. The maximum atomic E-state index is 4.69. The van der Waals surface area contributed by atoms with E-state index in [9.17, 15) is 0 Å². The summed E-state index contributed by atoms with van der Waals surface area (Å²) in [5.41, 5.74) is 3.41. The van der Waals surface area contributed by atoms with E-state index in [2.05, 4.69) is 27.5 Å². The van der Waals surface area contributed by atoms with Crippen LogP contribution in [0.25, 0.3) is 16.7 Å². The zero-order valence-electron chi connectivity index (χ0n) is 11.5. The number of rotatable bonds is 6. The third-order valence-corrected chi connectivity index (χ3v) is 3.33. The number of aryl methyl sites for hydroxylation is 1. The maximum absolute atomic E-state index is 4.69. The van der Waals surface area contributed by atoms with Gasteiger partial charge in [-0.25, -0.2) is 9.31 Å². The molecule has 6 heteroatoms. The molecule has 2 heterocycles. The lowest BCUT2D eigenvalue weighted by atomic mass is 10.1. The van der Waals surface area contributed by atoms with Crippen LogP contribution in [0, 0.1) is 0 Å². The van der Waals surface area contributed by atoms with Crippen LogP contribution in [0.4, 0.5) is 0 Å². The Labute approximate surface area is 116 Å². The van der Waals surface area contributed by atoms with Crippen molar-refractivity contribution in [2.24, 2.45) is 0 Å². The van der Waals surface area contributed by atoms with Crippen molar-refractivity contribution in [2.75, 3.05) is 0 Å². The molecule has 2 aromatic heterocycles. The molecule has 3 aromatic rings. The van der Waals surface area contributed by atoms with E-state index in [0.29, 0.717) is 0 Å². The number of aromatic nitrogens is 5. The fraction of sp³-hybridized carbons (Fsp3) is 0.429. The highest BCUT2D eigenvalue weighted by molar-refractivity contribution is 5.75. The van der Waals surface area contributed by atoms with Gasteiger partial charge in [-0.05, 0) is 41.4 Å². The van der Waals surface area contributed by atoms with Crippen LogP contribution in [-0.2, 0) is 6.42 Å². The first-order chi connectivity index (χ1) is 9.86. The highest BCUT2D eigenvalue weighted by atomic mass is 16.6. The van der Waals surface area contributed by atoms with Crippen molar-refractivity contribution >= 4 is 11.0 Å². The van der Waals surface area contributed by atoms with Crippen molar-refractivity contribution in [1.82, 2.24) is 25.3 Å². The average Bonchev–Trinajstić information content (AvgIpc) is 3.11. The Bertz CT molecular complexity index is 688. The molecule has 0 bridgehead atoms. The largest absolute Gasteiger partial charge is 0.243 e. The molecule has 3 rings (SSSR count). The molecule has 0 aliphatic carbocycles. The Hall–Kier alpha value is -2.24. The van der Waals surface area contributed by atoms with Crippen molar-refractivity contribution in [2.45, 2.75) is 39.0 Å². The molecule has 20 heavy (non-hydrogen) atoms. The van der Waals surface area contributed by atoms with Gasteiger partial charge < -0.3 is 0 Å². The number of hydrogen-bond acceptors (Lipinski definition) is 5. The van der Waals surface area contributed by atoms with Crippen molar-refractivity contribution in [3.63, 3.8) is 0 Å². The van der Waals surface area contributed by atoms with Crippen molar-refractivity contribution in [3.8, 4) is 5.69 Å². The van der Waals surface area contributed by atoms with Gasteiger partial charge in [-0.15, -0.1) is 5.10 Å². The summed E-state index contributed by atoms with van der Waals surface area (Å²) in [5, 5.41) is 16.0. The molecule has 0 aliphatic rings. The molecule has 0 fully saturated rings. The molecule has 0 radical (unpaired) electrons. The standard InChI is InChI=1S/C14H17N5O/c1-2-3-4-5-6-11-10-19(18-15-11)12-7-8-13-14(9-12)17-20-16-13/h7-10H,2-6H2,1H3. The quantitative estimate of drug-likeness (QED) is 0.645. The van der Waals surface area contributed by atoms with Crippen LogP contribution in [0.2, 0.25) is 0 Å². The zero-order chi connectivity index (χ0) is 13.8. The van der Waals surface area contributed by atoms with Crippen LogP contribution in [-0.4, -0.2) is 25.3 Å². The van der Waals surface area contributed by atoms with Crippen LogP contribution in [0.15, 0.2) is 29.0 Å².